The van der Waals surface area contributed by atoms with Gasteiger partial charge in [-0.2, -0.15) is 0 Å². The number of hydrogen-bond acceptors (Lipinski definition) is 2. The fourth-order valence-electron chi connectivity index (χ4n) is 2.29. The first kappa shape index (κ1) is 10.7. The first-order valence-electron chi connectivity index (χ1n) is 5.50. The minimum atomic E-state index is -0.951. The molecule has 0 saturated carbocycles. The first-order chi connectivity index (χ1) is 8.61. The predicted octanol–water partition coefficient (Wildman–Crippen LogP) is 2.37. The molecule has 3 aromatic rings. The van der Waals surface area contributed by atoms with E-state index in [4.69, 9.17) is 9.84 Å². The van der Waals surface area contributed by atoms with E-state index in [1.807, 2.05) is 29.8 Å². The minimum absolute atomic E-state index is 0.202. The molecule has 1 aromatic carbocycles. The number of aromatic amines is 1. The molecule has 0 unspecified atom stereocenters. The molecule has 2 heterocycles. The SMILES string of the molecule is COc1ccc2c3[nH]c(C(=O)O)cc3n(C)c2c1. The molecule has 0 spiro atoms. The zero-order chi connectivity index (χ0) is 12.9. The van der Waals surface area contributed by atoms with Crippen molar-refractivity contribution in [2.24, 2.45) is 7.05 Å². The van der Waals surface area contributed by atoms with Crippen LogP contribution in [0.4, 0.5) is 0 Å². The molecule has 0 radical (unpaired) electrons. The van der Waals surface area contributed by atoms with E-state index in [0.29, 0.717) is 0 Å². The fourth-order valence-corrected chi connectivity index (χ4v) is 2.29. The Bertz CT molecular complexity index is 767. The summed E-state index contributed by atoms with van der Waals surface area (Å²) in [7, 11) is 3.53. The molecular formula is C13H12N2O3. The monoisotopic (exact) mass is 244 g/mol. The van der Waals surface area contributed by atoms with Gasteiger partial charge < -0.3 is 19.4 Å². The number of aryl methyl sites for hydroxylation is 1. The smallest absolute Gasteiger partial charge is 0.352 e. The van der Waals surface area contributed by atoms with E-state index in [1.165, 1.54) is 0 Å². The zero-order valence-electron chi connectivity index (χ0n) is 10.0. The number of nitrogens with one attached hydrogen (secondary N) is 1. The summed E-state index contributed by atoms with van der Waals surface area (Å²) in [6.07, 6.45) is 0. The Kier molecular flexibility index (Phi) is 2.10. The quantitative estimate of drug-likeness (QED) is 0.727. The first-order valence-corrected chi connectivity index (χ1v) is 5.50. The number of H-pyrrole nitrogens is 1. The molecule has 0 aliphatic rings. The third kappa shape index (κ3) is 1.30. The van der Waals surface area contributed by atoms with Gasteiger partial charge in [-0.1, -0.05) is 0 Å². The number of rotatable bonds is 2. The average Bonchev–Trinajstić information content (AvgIpc) is 2.90. The number of carboxylic acid groups (broad SMARTS) is 1. The van der Waals surface area contributed by atoms with Gasteiger partial charge in [0.1, 0.15) is 11.4 Å². The highest BCUT2D eigenvalue weighted by Gasteiger charge is 2.14. The van der Waals surface area contributed by atoms with Crippen LogP contribution in [0.2, 0.25) is 0 Å². The van der Waals surface area contributed by atoms with Crippen molar-refractivity contribution in [3.8, 4) is 5.75 Å². The molecule has 0 atom stereocenters. The molecule has 5 heteroatoms. The van der Waals surface area contributed by atoms with Crippen LogP contribution in [0, 0.1) is 0 Å². The summed E-state index contributed by atoms with van der Waals surface area (Å²) in [5.74, 6) is -0.169. The van der Waals surface area contributed by atoms with Gasteiger partial charge in [0.25, 0.3) is 0 Å². The summed E-state index contributed by atoms with van der Waals surface area (Å²) >= 11 is 0. The summed E-state index contributed by atoms with van der Waals surface area (Å²) in [6.45, 7) is 0. The average molecular weight is 244 g/mol. The Hall–Kier alpha value is -2.43. The van der Waals surface area contributed by atoms with Crippen LogP contribution in [0.1, 0.15) is 10.5 Å². The number of methoxy groups -OCH3 is 1. The van der Waals surface area contributed by atoms with Crippen LogP contribution in [0.15, 0.2) is 24.3 Å². The van der Waals surface area contributed by atoms with Gasteiger partial charge in [0.2, 0.25) is 0 Å². The van der Waals surface area contributed by atoms with Crippen LogP contribution in [0.3, 0.4) is 0 Å². The molecule has 92 valence electrons. The summed E-state index contributed by atoms with van der Waals surface area (Å²) < 4.78 is 7.15. The summed E-state index contributed by atoms with van der Waals surface area (Å²) in [5, 5.41) is 9.98. The van der Waals surface area contributed by atoms with E-state index in [1.54, 1.807) is 13.2 Å². The Morgan fingerprint density at radius 1 is 1.33 bits per heavy atom. The molecule has 0 saturated heterocycles. The van der Waals surface area contributed by atoms with Gasteiger partial charge in [0, 0.05) is 18.5 Å². The highest BCUT2D eigenvalue weighted by atomic mass is 16.5. The van der Waals surface area contributed by atoms with Crippen LogP contribution in [0.5, 0.6) is 5.75 Å². The van der Waals surface area contributed by atoms with Crippen LogP contribution in [-0.2, 0) is 7.05 Å². The molecule has 3 rings (SSSR count). The second-order valence-electron chi connectivity index (χ2n) is 4.19. The van der Waals surface area contributed by atoms with Gasteiger partial charge in [-0.15, -0.1) is 0 Å². The van der Waals surface area contributed by atoms with Crippen molar-refractivity contribution in [2.75, 3.05) is 7.11 Å². The number of benzene rings is 1. The lowest BCUT2D eigenvalue weighted by Gasteiger charge is -2.01. The number of fused-ring (bicyclic) bond motifs is 3. The number of aromatic nitrogens is 2. The van der Waals surface area contributed by atoms with Crippen molar-refractivity contribution in [1.29, 1.82) is 0 Å². The Balaban J connectivity index is 2.39. The van der Waals surface area contributed by atoms with Crippen molar-refractivity contribution in [1.82, 2.24) is 9.55 Å². The van der Waals surface area contributed by atoms with Crippen molar-refractivity contribution in [2.45, 2.75) is 0 Å². The molecule has 0 aliphatic carbocycles. The highest BCUT2D eigenvalue weighted by Crippen LogP contribution is 2.30. The standard InChI is InChI=1S/C13H12N2O3/c1-15-10-5-7(18-2)3-4-8(10)12-11(15)6-9(14-12)13(16)17/h3-6,14H,1-2H3,(H,16,17). The number of aromatic carboxylic acids is 1. The number of carbonyl (C=O) groups is 1. The van der Waals surface area contributed by atoms with E-state index in [9.17, 15) is 4.79 Å². The van der Waals surface area contributed by atoms with Gasteiger partial charge in [-0.05, 0) is 18.2 Å². The maximum absolute atomic E-state index is 11.0. The zero-order valence-corrected chi connectivity index (χ0v) is 10.0. The van der Waals surface area contributed by atoms with E-state index in [-0.39, 0.29) is 5.69 Å². The summed E-state index contributed by atoms with van der Waals surface area (Å²) in [4.78, 5) is 13.9. The molecule has 0 amide bonds. The van der Waals surface area contributed by atoms with Crippen molar-refractivity contribution in [3.05, 3.63) is 30.0 Å². The summed E-state index contributed by atoms with van der Waals surface area (Å²) in [5.41, 5.74) is 2.92. The largest absolute Gasteiger partial charge is 0.497 e. The maximum atomic E-state index is 11.0. The van der Waals surface area contributed by atoms with Crippen LogP contribution < -0.4 is 4.74 Å². The molecule has 18 heavy (non-hydrogen) atoms. The van der Waals surface area contributed by atoms with Crippen LogP contribution >= 0.6 is 0 Å². The number of carboxylic acids is 1. The third-order valence-electron chi connectivity index (χ3n) is 3.22. The molecule has 2 N–H and O–H groups in total. The van der Waals surface area contributed by atoms with E-state index in [2.05, 4.69) is 4.98 Å². The molecule has 0 fully saturated rings. The van der Waals surface area contributed by atoms with Crippen molar-refractivity contribution in [3.63, 3.8) is 0 Å². The normalized spacial score (nSPS) is 11.2. The number of ether oxygens (including phenoxy) is 1. The fraction of sp³-hybridized carbons (Fsp3) is 0.154. The van der Waals surface area contributed by atoms with Crippen LogP contribution in [-0.4, -0.2) is 27.7 Å². The minimum Gasteiger partial charge on any atom is -0.497 e. The Morgan fingerprint density at radius 2 is 2.11 bits per heavy atom. The van der Waals surface area contributed by atoms with Gasteiger partial charge >= 0.3 is 5.97 Å². The van der Waals surface area contributed by atoms with Gasteiger partial charge in [-0.3, -0.25) is 0 Å². The molecule has 5 nitrogen and oxygen atoms in total. The number of hydrogen-bond donors (Lipinski definition) is 2. The van der Waals surface area contributed by atoms with E-state index < -0.39 is 5.97 Å². The van der Waals surface area contributed by atoms with Gasteiger partial charge in [-0.25, -0.2) is 4.79 Å². The lowest BCUT2D eigenvalue weighted by atomic mass is 10.2. The molecule has 2 aromatic heterocycles. The Labute approximate surface area is 103 Å². The third-order valence-corrected chi connectivity index (χ3v) is 3.22. The second-order valence-corrected chi connectivity index (χ2v) is 4.19. The second kappa shape index (κ2) is 3.53. The molecule has 0 aliphatic heterocycles. The lowest BCUT2D eigenvalue weighted by Crippen LogP contribution is -1.95. The van der Waals surface area contributed by atoms with Gasteiger partial charge in [0.05, 0.1) is 23.7 Å². The van der Waals surface area contributed by atoms with E-state index >= 15 is 0 Å². The highest BCUT2D eigenvalue weighted by molar-refractivity contribution is 6.08. The maximum Gasteiger partial charge on any atom is 0.352 e. The van der Waals surface area contributed by atoms with Crippen molar-refractivity contribution >= 4 is 27.9 Å². The van der Waals surface area contributed by atoms with E-state index in [0.717, 1.165) is 27.7 Å². The predicted molar refractivity (Wildman–Crippen MR) is 68.3 cm³/mol. The van der Waals surface area contributed by atoms with Gasteiger partial charge in [0.15, 0.2) is 0 Å². The molecular weight excluding hydrogens is 232 g/mol. The topological polar surface area (TPSA) is 67.2 Å². The summed E-state index contributed by atoms with van der Waals surface area (Å²) in [6, 6.07) is 7.37. The Morgan fingerprint density at radius 3 is 2.78 bits per heavy atom. The van der Waals surface area contributed by atoms with Crippen molar-refractivity contribution < 1.29 is 14.6 Å². The number of nitrogens with zero attached hydrogens (tertiary/aromatic N) is 1. The molecule has 0 bridgehead atoms. The lowest BCUT2D eigenvalue weighted by molar-refractivity contribution is 0.0691. The van der Waals surface area contributed by atoms with Crippen LogP contribution in [0.25, 0.3) is 21.9 Å².